The van der Waals surface area contributed by atoms with Crippen molar-refractivity contribution in [2.45, 2.75) is 32.6 Å². The van der Waals surface area contributed by atoms with Gasteiger partial charge in [0.2, 0.25) is 11.8 Å². The number of rotatable bonds is 3. The molecule has 1 aliphatic heterocycles. The largest absolute Gasteiger partial charge is 0.343 e. The maximum absolute atomic E-state index is 12.4. The van der Waals surface area contributed by atoms with E-state index >= 15 is 0 Å². The van der Waals surface area contributed by atoms with Crippen LogP contribution in [0.25, 0.3) is 10.9 Å². The first-order chi connectivity index (χ1) is 10.6. The summed E-state index contributed by atoms with van der Waals surface area (Å²) >= 11 is 0. The van der Waals surface area contributed by atoms with E-state index in [1.165, 1.54) is 0 Å². The second kappa shape index (κ2) is 6.34. The molecule has 0 radical (unpaired) electrons. The molecule has 2 heterocycles. The van der Waals surface area contributed by atoms with Gasteiger partial charge in [-0.2, -0.15) is 0 Å². The Morgan fingerprint density at radius 1 is 1.05 bits per heavy atom. The summed E-state index contributed by atoms with van der Waals surface area (Å²) in [5, 5.41) is 1.05. The number of likely N-dealkylation sites (tertiary alicyclic amines) is 1. The monoisotopic (exact) mass is 298 g/mol. The number of carbonyl (C=O) groups is 2. The molecule has 0 saturated carbocycles. The first-order valence-corrected chi connectivity index (χ1v) is 8.02. The van der Waals surface area contributed by atoms with Gasteiger partial charge in [0, 0.05) is 37.5 Å². The number of fused-ring (bicyclic) bond motifs is 1. The fraction of sp³-hybridized carbons (Fsp3) is 0.444. The van der Waals surface area contributed by atoms with E-state index in [0.29, 0.717) is 12.3 Å². The fourth-order valence-corrected chi connectivity index (χ4v) is 3.05. The predicted molar refractivity (Wildman–Crippen MR) is 86.8 cm³/mol. The minimum Gasteiger partial charge on any atom is -0.343 e. The molecule has 1 fully saturated rings. The zero-order valence-corrected chi connectivity index (χ0v) is 13.0. The van der Waals surface area contributed by atoms with Crippen molar-refractivity contribution in [2.75, 3.05) is 13.1 Å². The minimum absolute atomic E-state index is 0.0140. The van der Waals surface area contributed by atoms with E-state index in [0.717, 1.165) is 36.8 Å². The summed E-state index contributed by atoms with van der Waals surface area (Å²) in [4.78, 5) is 26.5. The average Bonchev–Trinajstić information content (AvgIpc) is 2.97. The minimum atomic E-state index is -0.0140. The van der Waals surface area contributed by atoms with Crippen molar-refractivity contribution in [3.8, 4) is 0 Å². The molecule has 0 unspecified atom stereocenters. The lowest BCUT2D eigenvalue weighted by molar-refractivity contribution is -0.132. The van der Waals surface area contributed by atoms with Gasteiger partial charge < -0.3 is 4.90 Å². The number of amides is 1. The van der Waals surface area contributed by atoms with Crippen LogP contribution in [0.1, 0.15) is 37.4 Å². The number of carbonyl (C=O) groups excluding carboxylic acids is 2. The van der Waals surface area contributed by atoms with Gasteiger partial charge in [0.05, 0.1) is 5.52 Å². The maximum atomic E-state index is 12.4. The highest BCUT2D eigenvalue weighted by molar-refractivity contribution is 5.93. The summed E-state index contributed by atoms with van der Waals surface area (Å²) in [6.45, 7) is 3.89. The van der Waals surface area contributed by atoms with E-state index in [2.05, 4.69) is 6.92 Å². The highest BCUT2D eigenvalue weighted by Crippen LogP contribution is 2.18. The van der Waals surface area contributed by atoms with Gasteiger partial charge >= 0.3 is 0 Å². The van der Waals surface area contributed by atoms with Crippen molar-refractivity contribution in [3.63, 3.8) is 0 Å². The van der Waals surface area contributed by atoms with Crippen molar-refractivity contribution in [1.29, 1.82) is 0 Å². The molecule has 1 aromatic carbocycles. The van der Waals surface area contributed by atoms with E-state index in [4.69, 9.17) is 0 Å². The third kappa shape index (κ3) is 3.06. The number of benzene rings is 1. The average molecular weight is 298 g/mol. The Hall–Kier alpha value is -2.10. The first kappa shape index (κ1) is 14.8. The Labute approximate surface area is 130 Å². The molecule has 0 N–H and O–H groups in total. The molecule has 4 nitrogen and oxygen atoms in total. The number of para-hydroxylation sites is 1. The summed E-state index contributed by atoms with van der Waals surface area (Å²) in [6, 6.07) is 9.73. The lowest BCUT2D eigenvalue weighted by Gasteiger charge is -2.30. The van der Waals surface area contributed by atoms with Crippen LogP contribution in [-0.4, -0.2) is 34.4 Å². The van der Waals surface area contributed by atoms with Crippen LogP contribution in [0.15, 0.2) is 36.5 Å². The maximum Gasteiger partial charge on any atom is 0.231 e. The van der Waals surface area contributed by atoms with Crippen molar-refractivity contribution in [1.82, 2.24) is 9.47 Å². The summed E-state index contributed by atoms with van der Waals surface area (Å²) in [5.74, 6) is 0.800. The van der Waals surface area contributed by atoms with Crippen molar-refractivity contribution in [2.24, 2.45) is 5.92 Å². The zero-order chi connectivity index (χ0) is 15.5. The molecule has 1 amide bonds. The lowest BCUT2D eigenvalue weighted by atomic mass is 9.99. The van der Waals surface area contributed by atoms with Crippen molar-refractivity contribution < 1.29 is 9.59 Å². The third-order valence-electron chi connectivity index (χ3n) is 4.56. The number of aromatic nitrogens is 1. The van der Waals surface area contributed by atoms with Crippen molar-refractivity contribution in [3.05, 3.63) is 36.5 Å². The number of hydrogen-bond acceptors (Lipinski definition) is 2. The molecule has 0 atom stereocenters. The molecular weight excluding hydrogens is 276 g/mol. The molecule has 22 heavy (non-hydrogen) atoms. The number of hydrogen-bond donors (Lipinski definition) is 0. The van der Waals surface area contributed by atoms with Gasteiger partial charge in [0.15, 0.2) is 0 Å². The van der Waals surface area contributed by atoms with Crippen LogP contribution in [0.3, 0.4) is 0 Å². The van der Waals surface area contributed by atoms with Gasteiger partial charge in [-0.3, -0.25) is 14.2 Å². The molecule has 0 aliphatic carbocycles. The molecule has 3 rings (SSSR count). The lowest BCUT2D eigenvalue weighted by Crippen LogP contribution is -2.38. The normalized spacial score (nSPS) is 16.1. The molecule has 1 aliphatic rings. The van der Waals surface area contributed by atoms with Crippen LogP contribution < -0.4 is 0 Å². The van der Waals surface area contributed by atoms with Crippen LogP contribution in [-0.2, 0) is 4.79 Å². The first-order valence-electron chi connectivity index (χ1n) is 8.02. The summed E-state index contributed by atoms with van der Waals surface area (Å²) in [5.41, 5.74) is 0.909. The smallest absolute Gasteiger partial charge is 0.231 e. The Morgan fingerprint density at radius 2 is 1.73 bits per heavy atom. The molecule has 1 aromatic heterocycles. The molecule has 4 heteroatoms. The fourth-order valence-electron chi connectivity index (χ4n) is 3.05. The molecule has 116 valence electrons. The van der Waals surface area contributed by atoms with Gasteiger partial charge in [0.25, 0.3) is 0 Å². The molecule has 2 aromatic rings. The second-order valence-electron chi connectivity index (χ2n) is 6.20. The molecule has 1 saturated heterocycles. The quantitative estimate of drug-likeness (QED) is 0.872. The van der Waals surface area contributed by atoms with Gasteiger partial charge in [-0.05, 0) is 30.9 Å². The summed E-state index contributed by atoms with van der Waals surface area (Å²) in [7, 11) is 0. The Kier molecular flexibility index (Phi) is 4.27. The van der Waals surface area contributed by atoms with Crippen molar-refractivity contribution >= 4 is 22.7 Å². The molecule has 0 bridgehead atoms. The van der Waals surface area contributed by atoms with Crippen LogP contribution in [0, 0.1) is 5.92 Å². The Bertz CT molecular complexity index is 681. The third-order valence-corrected chi connectivity index (χ3v) is 4.56. The zero-order valence-electron chi connectivity index (χ0n) is 13.0. The number of nitrogens with zero attached hydrogens (tertiary/aromatic N) is 2. The van der Waals surface area contributed by atoms with Crippen LogP contribution in [0.5, 0.6) is 0 Å². The van der Waals surface area contributed by atoms with Gasteiger partial charge in [-0.25, -0.2) is 0 Å². The number of piperidine rings is 1. The van der Waals surface area contributed by atoms with E-state index in [1.807, 2.05) is 35.2 Å². The predicted octanol–water partition coefficient (Wildman–Crippen LogP) is 3.32. The van der Waals surface area contributed by atoms with E-state index < -0.39 is 0 Å². The highest BCUT2D eigenvalue weighted by Gasteiger charge is 2.21. The van der Waals surface area contributed by atoms with Gasteiger partial charge in [-0.1, -0.05) is 25.1 Å². The SMILES string of the molecule is CC1CCN(C(=O)CCC(=O)n2ccc3ccccc32)CC1. The van der Waals surface area contributed by atoms with E-state index in [-0.39, 0.29) is 18.2 Å². The molecule has 0 spiro atoms. The van der Waals surface area contributed by atoms with E-state index in [9.17, 15) is 9.59 Å². The standard InChI is InChI=1S/C18H22N2O2/c1-14-8-11-19(12-9-14)17(21)6-7-18(22)20-13-10-15-4-2-3-5-16(15)20/h2-5,10,13-14H,6-9,11-12H2,1H3. The summed E-state index contributed by atoms with van der Waals surface area (Å²) < 4.78 is 1.65. The van der Waals surface area contributed by atoms with E-state index in [1.54, 1.807) is 10.8 Å². The van der Waals surface area contributed by atoms with Gasteiger partial charge in [-0.15, -0.1) is 0 Å². The Morgan fingerprint density at radius 3 is 2.50 bits per heavy atom. The van der Waals surface area contributed by atoms with Crippen LogP contribution in [0.4, 0.5) is 0 Å². The molecular formula is C18H22N2O2. The summed E-state index contributed by atoms with van der Waals surface area (Å²) in [6.07, 6.45) is 4.51. The van der Waals surface area contributed by atoms with Crippen LogP contribution in [0.2, 0.25) is 0 Å². The second-order valence-corrected chi connectivity index (χ2v) is 6.20. The Balaban J connectivity index is 1.59. The highest BCUT2D eigenvalue weighted by atomic mass is 16.2. The topological polar surface area (TPSA) is 42.3 Å². The van der Waals surface area contributed by atoms with Gasteiger partial charge in [0.1, 0.15) is 0 Å². The van der Waals surface area contributed by atoms with Crippen LogP contribution >= 0.6 is 0 Å².